The van der Waals surface area contributed by atoms with Crippen molar-refractivity contribution in [3.8, 4) is 0 Å². The molecule has 4 rings (SSSR count). The molecular weight excluding hydrogens is 364 g/mol. The molecule has 0 aromatic carbocycles. The predicted molar refractivity (Wildman–Crippen MR) is 95.9 cm³/mol. The van der Waals surface area contributed by atoms with Crippen LogP contribution in [0.25, 0.3) is 5.52 Å². The van der Waals surface area contributed by atoms with Gasteiger partial charge in [-0.1, -0.05) is 11.6 Å². The summed E-state index contributed by atoms with van der Waals surface area (Å²) in [5.41, 5.74) is 2.25. The van der Waals surface area contributed by atoms with Crippen LogP contribution in [0.3, 0.4) is 0 Å². The molecule has 1 aliphatic heterocycles. The molecule has 1 aliphatic carbocycles. The second kappa shape index (κ2) is 5.80. The summed E-state index contributed by atoms with van der Waals surface area (Å²) in [4.78, 5) is 6.73. The number of rotatable bonds is 3. The lowest BCUT2D eigenvalue weighted by Crippen LogP contribution is -2.59. The molecule has 3 heterocycles. The normalized spacial score (nSPS) is 21.0. The highest BCUT2D eigenvalue weighted by atomic mass is 35.5. The van der Waals surface area contributed by atoms with Gasteiger partial charge in [0.25, 0.3) is 10.2 Å². The molecule has 2 fully saturated rings. The first kappa shape index (κ1) is 17.0. The Kier molecular flexibility index (Phi) is 3.95. The number of nitrogens with one attached hydrogen (secondary N) is 1. The lowest BCUT2D eigenvalue weighted by Gasteiger charge is -2.54. The first-order chi connectivity index (χ1) is 11.8. The van der Waals surface area contributed by atoms with Crippen LogP contribution in [-0.2, 0) is 10.2 Å². The molecule has 1 saturated carbocycles. The fourth-order valence-electron chi connectivity index (χ4n) is 4.20. The van der Waals surface area contributed by atoms with E-state index in [0.717, 1.165) is 55.7 Å². The molecular formula is C15H21ClN6O2S. The molecule has 0 atom stereocenters. The molecule has 1 saturated heterocycles. The second-order valence-electron chi connectivity index (χ2n) is 7.29. The summed E-state index contributed by atoms with van der Waals surface area (Å²) < 4.78 is 26.6. The van der Waals surface area contributed by atoms with Crippen LogP contribution in [0.4, 0.5) is 5.82 Å². The molecule has 8 nitrogen and oxygen atoms in total. The summed E-state index contributed by atoms with van der Waals surface area (Å²) in [6, 6.07) is 1.85. The minimum Gasteiger partial charge on any atom is -0.354 e. The lowest BCUT2D eigenvalue weighted by atomic mass is 9.67. The molecule has 10 heteroatoms. The van der Waals surface area contributed by atoms with Crippen LogP contribution in [0.2, 0.25) is 5.15 Å². The van der Waals surface area contributed by atoms with Crippen molar-refractivity contribution < 1.29 is 8.42 Å². The Labute approximate surface area is 151 Å². The number of nitrogens with zero attached hydrogens (tertiary/aromatic N) is 4. The van der Waals surface area contributed by atoms with Gasteiger partial charge in [-0.25, -0.2) is 14.6 Å². The second-order valence-corrected chi connectivity index (χ2v) is 9.00. The first-order valence-electron chi connectivity index (χ1n) is 8.30. The van der Waals surface area contributed by atoms with Gasteiger partial charge >= 0.3 is 0 Å². The van der Waals surface area contributed by atoms with Crippen LogP contribution < -0.4 is 14.8 Å². The van der Waals surface area contributed by atoms with E-state index in [1.165, 1.54) is 6.33 Å². The Morgan fingerprint density at radius 2 is 2.04 bits per heavy atom. The molecule has 2 aromatic heterocycles. The summed E-state index contributed by atoms with van der Waals surface area (Å²) in [5, 5.41) is 9.88. The Bertz CT molecular complexity index is 911. The summed E-state index contributed by atoms with van der Waals surface area (Å²) in [6.07, 6.45) is 5.14. The molecule has 0 bridgehead atoms. The molecule has 2 aliphatic rings. The number of fused-ring (bicyclic) bond motifs is 1. The Morgan fingerprint density at radius 1 is 1.36 bits per heavy atom. The molecule has 3 N–H and O–H groups in total. The van der Waals surface area contributed by atoms with Gasteiger partial charge in [-0.05, 0) is 44.2 Å². The van der Waals surface area contributed by atoms with Crippen molar-refractivity contribution in [3.05, 3.63) is 23.1 Å². The quantitative estimate of drug-likeness (QED) is 0.828. The number of halogens is 1. The van der Waals surface area contributed by atoms with Crippen molar-refractivity contribution in [1.82, 2.24) is 19.3 Å². The van der Waals surface area contributed by atoms with Gasteiger partial charge in [-0.15, -0.1) is 0 Å². The third kappa shape index (κ3) is 3.10. The largest absolute Gasteiger partial charge is 0.354 e. The Morgan fingerprint density at radius 3 is 2.68 bits per heavy atom. The lowest BCUT2D eigenvalue weighted by molar-refractivity contribution is 0.125. The Balaban J connectivity index is 1.47. The standard InChI is InChI=1S/C15H21ClN6O2S/c1-10-6-12(16)22-13(10)14(18-9-19-22)21-7-15(8-21)4-2-11(3-5-15)20-25(17,23)24/h6,9,11,20H,2-5,7-8H2,1H3,(H2,17,23,24). The van der Waals surface area contributed by atoms with Gasteiger partial charge in [0, 0.05) is 24.5 Å². The summed E-state index contributed by atoms with van der Waals surface area (Å²) in [6.45, 7) is 3.85. The van der Waals surface area contributed by atoms with E-state index in [-0.39, 0.29) is 11.5 Å². The van der Waals surface area contributed by atoms with Crippen molar-refractivity contribution in [2.75, 3.05) is 18.0 Å². The van der Waals surface area contributed by atoms with Crippen molar-refractivity contribution in [3.63, 3.8) is 0 Å². The maximum atomic E-state index is 11.2. The van der Waals surface area contributed by atoms with Crippen molar-refractivity contribution in [2.24, 2.45) is 10.6 Å². The van der Waals surface area contributed by atoms with E-state index in [0.29, 0.717) is 5.15 Å². The summed E-state index contributed by atoms with van der Waals surface area (Å²) in [7, 11) is -3.62. The van der Waals surface area contributed by atoms with Gasteiger partial charge in [-0.3, -0.25) is 0 Å². The number of aryl methyl sites for hydroxylation is 1. The number of anilines is 1. The smallest absolute Gasteiger partial charge is 0.274 e. The number of hydrogen-bond donors (Lipinski definition) is 2. The summed E-state index contributed by atoms with van der Waals surface area (Å²) in [5.74, 6) is 0.912. The average molecular weight is 385 g/mol. The average Bonchev–Trinajstić information content (AvgIpc) is 2.80. The van der Waals surface area contributed by atoms with E-state index in [1.54, 1.807) is 4.52 Å². The van der Waals surface area contributed by atoms with E-state index < -0.39 is 10.2 Å². The Hall–Kier alpha value is -1.42. The van der Waals surface area contributed by atoms with Crippen LogP contribution in [0.15, 0.2) is 12.4 Å². The van der Waals surface area contributed by atoms with E-state index in [1.807, 2.05) is 13.0 Å². The van der Waals surface area contributed by atoms with E-state index in [9.17, 15) is 8.42 Å². The van der Waals surface area contributed by atoms with Gasteiger partial charge in [0.2, 0.25) is 0 Å². The monoisotopic (exact) mass is 384 g/mol. The summed E-state index contributed by atoms with van der Waals surface area (Å²) >= 11 is 6.21. The van der Waals surface area contributed by atoms with Crippen molar-refractivity contribution in [2.45, 2.75) is 38.6 Å². The van der Waals surface area contributed by atoms with E-state index in [4.69, 9.17) is 16.7 Å². The highest BCUT2D eigenvalue weighted by molar-refractivity contribution is 7.87. The highest BCUT2D eigenvalue weighted by Gasteiger charge is 2.46. The highest BCUT2D eigenvalue weighted by Crippen LogP contribution is 2.46. The molecule has 0 amide bonds. The zero-order chi connectivity index (χ0) is 17.8. The van der Waals surface area contributed by atoms with Gasteiger partial charge in [-0.2, -0.15) is 18.2 Å². The molecule has 0 radical (unpaired) electrons. The minimum atomic E-state index is -3.62. The number of aromatic nitrogens is 3. The van der Waals surface area contributed by atoms with Crippen LogP contribution in [0.1, 0.15) is 31.2 Å². The molecule has 0 unspecified atom stereocenters. The topological polar surface area (TPSA) is 106 Å². The van der Waals surface area contributed by atoms with Crippen LogP contribution in [0.5, 0.6) is 0 Å². The van der Waals surface area contributed by atoms with Crippen LogP contribution in [0, 0.1) is 12.3 Å². The van der Waals surface area contributed by atoms with E-state index >= 15 is 0 Å². The van der Waals surface area contributed by atoms with Crippen LogP contribution >= 0.6 is 11.6 Å². The maximum absolute atomic E-state index is 11.2. The molecule has 136 valence electrons. The number of nitrogens with two attached hydrogens (primary N) is 1. The van der Waals surface area contributed by atoms with Crippen molar-refractivity contribution in [1.29, 1.82) is 0 Å². The van der Waals surface area contributed by atoms with Crippen molar-refractivity contribution >= 4 is 33.1 Å². The third-order valence-electron chi connectivity index (χ3n) is 5.41. The molecule has 2 aromatic rings. The molecule has 25 heavy (non-hydrogen) atoms. The van der Waals surface area contributed by atoms with Gasteiger partial charge in [0.1, 0.15) is 17.0 Å². The van der Waals surface area contributed by atoms with Gasteiger partial charge in [0.15, 0.2) is 5.82 Å². The minimum absolute atomic E-state index is 0.0490. The fourth-order valence-corrected chi connectivity index (χ4v) is 5.19. The zero-order valence-electron chi connectivity index (χ0n) is 13.9. The maximum Gasteiger partial charge on any atom is 0.274 e. The SMILES string of the molecule is Cc1cc(Cl)n2ncnc(N3CC4(CCC(NS(N)(=O)=O)CC4)C3)c12. The first-order valence-corrected chi connectivity index (χ1v) is 10.2. The van der Waals surface area contributed by atoms with E-state index in [2.05, 4.69) is 19.7 Å². The van der Waals surface area contributed by atoms with Gasteiger partial charge in [0.05, 0.1) is 0 Å². The fraction of sp³-hybridized carbons (Fsp3) is 0.600. The molecule has 1 spiro atoms. The predicted octanol–water partition coefficient (Wildman–Crippen LogP) is 1.23. The third-order valence-corrected chi connectivity index (χ3v) is 6.34. The zero-order valence-corrected chi connectivity index (χ0v) is 15.5. The number of hydrogen-bond acceptors (Lipinski definition) is 5. The van der Waals surface area contributed by atoms with Gasteiger partial charge < -0.3 is 4.90 Å². The van der Waals surface area contributed by atoms with Crippen LogP contribution in [-0.4, -0.2) is 42.1 Å².